The Morgan fingerprint density at radius 2 is 1.70 bits per heavy atom. The number of aromatic nitrogens is 4. The predicted octanol–water partition coefficient (Wildman–Crippen LogP) is 6.09. The lowest BCUT2D eigenvalue weighted by Crippen LogP contribution is -2.00. The van der Waals surface area contributed by atoms with Gasteiger partial charge in [0, 0.05) is 28.8 Å². The Morgan fingerprint density at radius 1 is 0.967 bits per heavy atom. The van der Waals surface area contributed by atoms with E-state index in [9.17, 15) is 0 Å². The van der Waals surface area contributed by atoms with Crippen molar-refractivity contribution in [3.8, 4) is 27.7 Å². The molecular weight excluding hydrogens is 412 g/mol. The maximum atomic E-state index is 5.53. The van der Waals surface area contributed by atoms with Crippen LogP contribution in [0.2, 0.25) is 0 Å². The zero-order chi connectivity index (χ0) is 20.9. The second-order valence-corrected chi connectivity index (χ2v) is 8.61. The summed E-state index contributed by atoms with van der Waals surface area (Å²) in [6.45, 7) is 7.66. The summed E-state index contributed by atoms with van der Waals surface area (Å²) in [6.07, 6.45) is 0. The highest BCUT2D eigenvalue weighted by atomic mass is 32.2. The van der Waals surface area contributed by atoms with Gasteiger partial charge in [-0.3, -0.25) is 0 Å². The van der Waals surface area contributed by atoms with Crippen LogP contribution in [0.15, 0.2) is 59.1 Å². The summed E-state index contributed by atoms with van der Waals surface area (Å²) >= 11 is 3.35. The molecule has 0 amide bonds. The summed E-state index contributed by atoms with van der Waals surface area (Å²) in [4.78, 5) is 4.80. The van der Waals surface area contributed by atoms with E-state index in [1.54, 1.807) is 23.1 Å². The minimum Gasteiger partial charge on any atom is -0.494 e. The number of hydrogen-bond acceptors (Lipinski definition) is 6. The number of ether oxygens (including phenoxy) is 1. The van der Waals surface area contributed by atoms with Gasteiger partial charge in [0.1, 0.15) is 10.8 Å². The van der Waals surface area contributed by atoms with E-state index < -0.39 is 0 Å². The van der Waals surface area contributed by atoms with Gasteiger partial charge in [0.15, 0.2) is 11.0 Å². The number of aryl methyl sites for hydroxylation is 1. The monoisotopic (exact) mass is 436 g/mol. The highest BCUT2D eigenvalue weighted by molar-refractivity contribution is 7.98. The van der Waals surface area contributed by atoms with E-state index in [2.05, 4.69) is 58.3 Å². The SMILES string of the molecule is CCOc1ccc(-c2nnc(SCc3csc(-c4ccc(C)cc4)n3)n2CC)cc1. The van der Waals surface area contributed by atoms with E-state index in [4.69, 9.17) is 9.72 Å². The first-order chi connectivity index (χ1) is 14.7. The van der Waals surface area contributed by atoms with Crippen LogP contribution in [0.5, 0.6) is 5.75 Å². The third-order valence-corrected chi connectivity index (χ3v) is 6.60. The number of rotatable bonds is 8. The smallest absolute Gasteiger partial charge is 0.191 e. The average molecular weight is 437 g/mol. The van der Waals surface area contributed by atoms with Crippen molar-refractivity contribution in [3.63, 3.8) is 0 Å². The van der Waals surface area contributed by atoms with Gasteiger partial charge in [-0.15, -0.1) is 21.5 Å². The Morgan fingerprint density at radius 3 is 2.40 bits per heavy atom. The van der Waals surface area contributed by atoms with Crippen LogP contribution in [-0.4, -0.2) is 26.4 Å². The van der Waals surface area contributed by atoms with Gasteiger partial charge >= 0.3 is 0 Å². The van der Waals surface area contributed by atoms with Crippen molar-refractivity contribution in [3.05, 3.63) is 65.2 Å². The second kappa shape index (κ2) is 9.45. The first kappa shape index (κ1) is 20.6. The molecule has 154 valence electrons. The molecule has 30 heavy (non-hydrogen) atoms. The average Bonchev–Trinajstić information content (AvgIpc) is 3.40. The summed E-state index contributed by atoms with van der Waals surface area (Å²) in [5.74, 6) is 2.51. The Balaban J connectivity index is 1.47. The van der Waals surface area contributed by atoms with Crippen molar-refractivity contribution in [1.29, 1.82) is 0 Å². The molecule has 4 aromatic rings. The molecule has 0 spiro atoms. The van der Waals surface area contributed by atoms with Crippen LogP contribution >= 0.6 is 23.1 Å². The van der Waals surface area contributed by atoms with Crippen LogP contribution in [-0.2, 0) is 12.3 Å². The lowest BCUT2D eigenvalue weighted by molar-refractivity contribution is 0.340. The fourth-order valence-corrected chi connectivity index (χ4v) is 4.93. The van der Waals surface area contributed by atoms with Gasteiger partial charge in [-0.1, -0.05) is 41.6 Å². The molecule has 0 aliphatic carbocycles. The predicted molar refractivity (Wildman–Crippen MR) is 124 cm³/mol. The molecule has 0 N–H and O–H groups in total. The van der Waals surface area contributed by atoms with Crippen LogP contribution in [0.1, 0.15) is 25.1 Å². The Labute approximate surface area is 185 Å². The van der Waals surface area contributed by atoms with Crippen LogP contribution in [0.4, 0.5) is 0 Å². The highest BCUT2D eigenvalue weighted by Gasteiger charge is 2.14. The maximum Gasteiger partial charge on any atom is 0.191 e. The number of thiazole rings is 1. The minimum atomic E-state index is 0.660. The Hall–Kier alpha value is -2.64. The summed E-state index contributed by atoms with van der Waals surface area (Å²) in [5.41, 5.74) is 4.52. The van der Waals surface area contributed by atoms with E-state index in [1.807, 2.05) is 31.2 Å². The molecule has 5 nitrogen and oxygen atoms in total. The third kappa shape index (κ3) is 4.57. The Kier molecular flexibility index (Phi) is 6.50. The molecule has 0 aliphatic heterocycles. The van der Waals surface area contributed by atoms with E-state index in [-0.39, 0.29) is 0 Å². The topological polar surface area (TPSA) is 52.8 Å². The van der Waals surface area contributed by atoms with Crippen molar-refractivity contribution in [2.75, 3.05) is 6.61 Å². The zero-order valence-corrected chi connectivity index (χ0v) is 19.0. The molecule has 0 bridgehead atoms. The van der Waals surface area contributed by atoms with Gasteiger partial charge in [0.05, 0.1) is 12.3 Å². The molecule has 0 atom stereocenters. The van der Waals surface area contributed by atoms with Crippen LogP contribution in [0.3, 0.4) is 0 Å². The molecule has 0 saturated carbocycles. The fourth-order valence-electron chi connectivity index (χ4n) is 3.10. The molecule has 2 aromatic heterocycles. The molecule has 2 heterocycles. The standard InChI is InChI=1S/C23H24N4OS2/c1-4-27-21(17-10-12-20(13-11-17)28-5-2)25-26-23(27)30-15-19-14-29-22(24-19)18-8-6-16(3)7-9-18/h6-14H,4-5,15H2,1-3H3. The van der Waals surface area contributed by atoms with Gasteiger partial charge in [0.25, 0.3) is 0 Å². The first-order valence-corrected chi connectivity index (χ1v) is 11.8. The summed E-state index contributed by atoms with van der Waals surface area (Å²) in [5, 5.41) is 13.0. The van der Waals surface area contributed by atoms with Gasteiger partial charge in [-0.25, -0.2) is 4.98 Å². The lowest BCUT2D eigenvalue weighted by Gasteiger charge is -2.08. The van der Waals surface area contributed by atoms with Crippen molar-refractivity contribution in [2.24, 2.45) is 0 Å². The quantitative estimate of drug-likeness (QED) is 0.313. The van der Waals surface area contributed by atoms with Gasteiger partial charge in [-0.2, -0.15) is 0 Å². The normalized spacial score (nSPS) is 11.0. The third-order valence-electron chi connectivity index (χ3n) is 4.66. The molecule has 4 rings (SSSR count). The van der Waals surface area contributed by atoms with Crippen molar-refractivity contribution >= 4 is 23.1 Å². The molecule has 7 heteroatoms. The largest absolute Gasteiger partial charge is 0.494 e. The van der Waals surface area contributed by atoms with Gasteiger partial charge in [-0.05, 0) is 45.0 Å². The van der Waals surface area contributed by atoms with Crippen LogP contribution in [0, 0.1) is 6.92 Å². The van der Waals surface area contributed by atoms with E-state index in [0.717, 1.165) is 50.9 Å². The number of benzene rings is 2. The van der Waals surface area contributed by atoms with E-state index in [1.165, 1.54) is 5.56 Å². The summed E-state index contributed by atoms with van der Waals surface area (Å²) in [6, 6.07) is 16.5. The number of nitrogens with zero attached hydrogens (tertiary/aromatic N) is 4. The molecule has 0 aliphatic rings. The molecule has 0 saturated heterocycles. The van der Waals surface area contributed by atoms with E-state index in [0.29, 0.717) is 6.61 Å². The molecular formula is C23H24N4OS2. The van der Waals surface area contributed by atoms with Crippen molar-refractivity contribution in [1.82, 2.24) is 19.7 Å². The number of thioether (sulfide) groups is 1. The molecule has 0 unspecified atom stereocenters. The highest BCUT2D eigenvalue weighted by Crippen LogP contribution is 2.30. The summed E-state index contributed by atoms with van der Waals surface area (Å²) in [7, 11) is 0. The fraction of sp³-hybridized carbons (Fsp3) is 0.261. The zero-order valence-electron chi connectivity index (χ0n) is 17.3. The lowest BCUT2D eigenvalue weighted by atomic mass is 10.2. The molecule has 0 fully saturated rings. The second-order valence-electron chi connectivity index (χ2n) is 6.81. The van der Waals surface area contributed by atoms with Crippen LogP contribution < -0.4 is 4.74 Å². The molecule has 2 aromatic carbocycles. The van der Waals surface area contributed by atoms with Crippen LogP contribution in [0.25, 0.3) is 22.0 Å². The minimum absolute atomic E-state index is 0.660. The Bertz CT molecular complexity index is 1100. The summed E-state index contributed by atoms with van der Waals surface area (Å²) < 4.78 is 7.68. The first-order valence-electron chi connectivity index (χ1n) is 9.98. The van der Waals surface area contributed by atoms with Gasteiger partial charge in [0.2, 0.25) is 0 Å². The van der Waals surface area contributed by atoms with Gasteiger partial charge < -0.3 is 9.30 Å². The van der Waals surface area contributed by atoms with E-state index >= 15 is 0 Å². The van der Waals surface area contributed by atoms with Crippen molar-refractivity contribution < 1.29 is 4.74 Å². The molecule has 0 radical (unpaired) electrons. The number of hydrogen-bond donors (Lipinski definition) is 0. The van der Waals surface area contributed by atoms with Crippen molar-refractivity contribution in [2.45, 2.75) is 38.2 Å². The maximum absolute atomic E-state index is 5.53.